The van der Waals surface area contributed by atoms with E-state index in [1.165, 1.54) is 11.1 Å². The summed E-state index contributed by atoms with van der Waals surface area (Å²) in [6, 6.07) is 9.54. The standard InChI is InChI=1S/C27H31N3O4.C2H4O2/c1-4-30(5-2)26(32)18-7-6-8-22(28-18)33-21-12-10-17-19-15-16-9-11-20(31)24-23(16)27(17,25(21)34-24)13-14-29(19)3;1-2(3)4/h6-12,17,19,21,25,31H,4-5,13-15H2,1-3H3;1H3,(H,3,4)/t17-,19+,21-,25-,27-;/m0./s1. The molecule has 1 aromatic carbocycles. The quantitative estimate of drug-likeness (QED) is 0.577. The van der Waals surface area contributed by atoms with Gasteiger partial charge in [-0.15, -0.1) is 0 Å². The smallest absolute Gasteiger partial charge is 0.300 e. The topological polar surface area (TPSA) is 112 Å². The monoisotopic (exact) mass is 521 g/mol. The lowest BCUT2D eigenvalue weighted by molar-refractivity contribution is -0.134. The number of aromatic nitrogens is 1. The summed E-state index contributed by atoms with van der Waals surface area (Å²) >= 11 is 0. The number of hydrogen-bond donors (Lipinski definition) is 2. The van der Waals surface area contributed by atoms with Gasteiger partial charge in [-0.25, -0.2) is 4.98 Å². The van der Waals surface area contributed by atoms with Crippen LogP contribution in [0.4, 0.5) is 0 Å². The van der Waals surface area contributed by atoms with Crippen LogP contribution in [0.5, 0.6) is 17.4 Å². The van der Waals surface area contributed by atoms with Gasteiger partial charge in [0.1, 0.15) is 11.8 Å². The summed E-state index contributed by atoms with van der Waals surface area (Å²) in [6.07, 6.45) is 5.65. The molecule has 0 unspecified atom stereocenters. The Hall–Kier alpha value is -3.59. The number of carboxylic acid groups (broad SMARTS) is 1. The Kier molecular flexibility index (Phi) is 6.81. The molecule has 2 aromatic rings. The zero-order valence-electron chi connectivity index (χ0n) is 22.3. The molecule has 1 aromatic heterocycles. The minimum absolute atomic E-state index is 0.0992. The number of hydrogen-bond acceptors (Lipinski definition) is 7. The lowest BCUT2D eigenvalue weighted by atomic mass is 9.53. The predicted molar refractivity (Wildman–Crippen MR) is 141 cm³/mol. The van der Waals surface area contributed by atoms with Crippen LogP contribution in [-0.4, -0.2) is 81.8 Å². The third-order valence-corrected chi connectivity index (χ3v) is 8.38. The van der Waals surface area contributed by atoms with Crippen molar-refractivity contribution < 1.29 is 29.3 Å². The fourth-order valence-electron chi connectivity index (χ4n) is 6.73. The van der Waals surface area contributed by atoms with Gasteiger partial charge >= 0.3 is 0 Å². The molecule has 1 saturated heterocycles. The van der Waals surface area contributed by atoms with Gasteiger partial charge in [-0.2, -0.15) is 0 Å². The number of likely N-dealkylation sites (N-methyl/N-ethyl adjacent to an activating group) is 1. The number of likely N-dealkylation sites (tertiary alicyclic amines) is 1. The zero-order valence-corrected chi connectivity index (χ0v) is 22.3. The second-order valence-electron chi connectivity index (χ2n) is 10.4. The molecule has 202 valence electrons. The van der Waals surface area contributed by atoms with Crippen LogP contribution in [0.3, 0.4) is 0 Å². The minimum Gasteiger partial charge on any atom is -0.504 e. The van der Waals surface area contributed by atoms with Crippen molar-refractivity contribution in [1.29, 1.82) is 0 Å². The molecule has 0 radical (unpaired) electrons. The Labute approximate surface area is 222 Å². The molecule has 2 aliphatic carbocycles. The third-order valence-electron chi connectivity index (χ3n) is 8.38. The molecular weight excluding hydrogens is 486 g/mol. The predicted octanol–water partition coefficient (Wildman–Crippen LogP) is 3.25. The molecule has 0 saturated carbocycles. The molecule has 1 fully saturated rings. The number of phenolic OH excluding ortho intramolecular Hbond substituents is 1. The van der Waals surface area contributed by atoms with Crippen LogP contribution in [0.15, 0.2) is 42.5 Å². The van der Waals surface area contributed by atoms with Gasteiger partial charge in [-0.1, -0.05) is 18.2 Å². The highest BCUT2D eigenvalue weighted by Crippen LogP contribution is 2.62. The number of benzene rings is 1. The van der Waals surface area contributed by atoms with Crippen molar-refractivity contribution in [1.82, 2.24) is 14.8 Å². The molecule has 1 spiro atoms. The summed E-state index contributed by atoms with van der Waals surface area (Å²) in [5.74, 6) is 0.591. The van der Waals surface area contributed by atoms with E-state index in [9.17, 15) is 9.90 Å². The van der Waals surface area contributed by atoms with Crippen LogP contribution >= 0.6 is 0 Å². The van der Waals surface area contributed by atoms with E-state index < -0.39 is 5.97 Å². The maximum atomic E-state index is 12.8. The van der Waals surface area contributed by atoms with E-state index in [4.69, 9.17) is 19.4 Å². The number of nitrogens with zero attached hydrogens (tertiary/aromatic N) is 3. The summed E-state index contributed by atoms with van der Waals surface area (Å²) in [5.41, 5.74) is 2.59. The molecule has 9 nitrogen and oxygen atoms in total. The van der Waals surface area contributed by atoms with E-state index in [0.717, 1.165) is 26.3 Å². The Balaban J connectivity index is 0.000000689. The van der Waals surface area contributed by atoms with Gasteiger partial charge in [0.15, 0.2) is 17.6 Å². The maximum Gasteiger partial charge on any atom is 0.300 e. The number of aliphatic carboxylic acids is 1. The first kappa shape index (κ1) is 26.0. The van der Waals surface area contributed by atoms with Crippen LogP contribution in [0.2, 0.25) is 0 Å². The number of ether oxygens (including phenoxy) is 2. The average molecular weight is 522 g/mol. The van der Waals surface area contributed by atoms with Gasteiger partial charge in [0.2, 0.25) is 5.88 Å². The van der Waals surface area contributed by atoms with E-state index in [1.54, 1.807) is 23.1 Å². The van der Waals surface area contributed by atoms with E-state index in [-0.39, 0.29) is 29.3 Å². The van der Waals surface area contributed by atoms with Crippen molar-refractivity contribution >= 4 is 11.9 Å². The van der Waals surface area contributed by atoms with Crippen LogP contribution in [0, 0.1) is 5.92 Å². The lowest BCUT2D eigenvalue weighted by Gasteiger charge is -2.56. The molecule has 5 atom stereocenters. The molecule has 9 heteroatoms. The van der Waals surface area contributed by atoms with E-state index in [2.05, 4.69) is 35.1 Å². The highest BCUT2D eigenvalue weighted by molar-refractivity contribution is 5.92. The number of aromatic hydroxyl groups is 1. The average Bonchev–Trinajstić information content (AvgIpc) is 3.25. The van der Waals surface area contributed by atoms with Crippen molar-refractivity contribution in [2.24, 2.45) is 5.92 Å². The Morgan fingerprint density at radius 2 is 1.95 bits per heavy atom. The number of carbonyl (C=O) groups is 2. The second-order valence-corrected chi connectivity index (χ2v) is 10.4. The lowest BCUT2D eigenvalue weighted by Crippen LogP contribution is -2.65. The summed E-state index contributed by atoms with van der Waals surface area (Å²) in [6.45, 7) is 7.24. The highest BCUT2D eigenvalue weighted by Gasteiger charge is 2.65. The summed E-state index contributed by atoms with van der Waals surface area (Å²) < 4.78 is 12.9. The van der Waals surface area contributed by atoms with Crippen molar-refractivity contribution in [3.05, 3.63) is 59.3 Å². The molecule has 1 amide bonds. The Morgan fingerprint density at radius 1 is 1.21 bits per heavy atom. The first-order chi connectivity index (χ1) is 18.2. The van der Waals surface area contributed by atoms with Crippen molar-refractivity contribution in [2.75, 3.05) is 26.7 Å². The molecule has 4 aliphatic rings. The van der Waals surface area contributed by atoms with Crippen molar-refractivity contribution in [3.8, 4) is 17.4 Å². The summed E-state index contributed by atoms with van der Waals surface area (Å²) in [7, 11) is 2.20. The van der Waals surface area contributed by atoms with E-state index in [1.807, 2.05) is 19.9 Å². The number of amides is 1. The minimum atomic E-state index is -0.833. The largest absolute Gasteiger partial charge is 0.504 e. The second kappa shape index (κ2) is 9.94. The first-order valence-electron chi connectivity index (χ1n) is 13.2. The Morgan fingerprint density at radius 3 is 2.66 bits per heavy atom. The van der Waals surface area contributed by atoms with E-state index in [0.29, 0.717) is 42.4 Å². The molecule has 6 rings (SSSR count). The van der Waals surface area contributed by atoms with Gasteiger partial charge in [0.05, 0.1) is 0 Å². The van der Waals surface area contributed by atoms with Crippen LogP contribution in [-0.2, 0) is 16.6 Å². The van der Waals surface area contributed by atoms with Crippen molar-refractivity contribution in [3.63, 3.8) is 0 Å². The number of phenols is 1. The first-order valence-corrected chi connectivity index (χ1v) is 13.2. The highest BCUT2D eigenvalue weighted by atomic mass is 16.6. The number of carboxylic acids is 1. The van der Waals surface area contributed by atoms with Gasteiger partial charge < -0.3 is 29.5 Å². The van der Waals surface area contributed by atoms with Gasteiger partial charge in [-0.3, -0.25) is 9.59 Å². The molecule has 38 heavy (non-hydrogen) atoms. The van der Waals surface area contributed by atoms with Crippen LogP contribution < -0.4 is 9.47 Å². The number of piperidine rings is 1. The molecule has 2 bridgehead atoms. The number of carbonyl (C=O) groups excluding carboxylic acids is 1. The number of rotatable bonds is 5. The normalized spacial score (nSPS) is 27.9. The van der Waals surface area contributed by atoms with Gasteiger partial charge in [0.25, 0.3) is 11.9 Å². The molecule has 2 aliphatic heterocycles. The molecule has 2 N–H and O–H groups in total. The summed E-state index contributed by atoms with van der Waals surface area (Å²) in [5, 5.41) is 18.1. The molecular formula is C29H35N3O6. The SMILES string of the molecule is CC(=O)O.CCN(CC)C(=O)c1cccc(O[C@H]2C=C[C@H]3[C@H]4Cc5ccc(O)c6c5[C@@]3(CCN4C)[C@H]2O6)n1. The zero-order chi connectivity index (χ0) is 27.2. The van der Waals surface area contributed by atoms with Gasteiger partial charge in [-0.05, 0) is 64.1 Å². The van der Waals surface area contributed by atoms with Crippen LogP contribution in [0.1, 0.15) is 48.8 Å². The number of pyridine rings is 1. The summed E-state index contributed by atoms with van der Waals surface area (Å²) in [4.78, 5) is 30.6. The van der Waals surface area contributed by atoms with Crippen LogP contribution in [0.25, 0.3) is 0 Å². The maximum absolute atomic E-state index is 12.8. The molecule has 3 heterocycles. The fraction of sp³-hybridized carbons (Fsp3) is 0.483. The Bertz CT molecular complexity index is 1270. The third kappa shape index (κ3) is 4.09. The van der Waals surface area contributed by atoms with Gasteiger partial charge in [0, 0.05) is 49.0 Å². The fourth-order valence-corrected chi connectivity index (χ4v) is 6.73. The van der Waals surface area contributed by atoms with E-state index >= 15 is 0 Å². The van der Waals surface area contributed by atoms with Crippen molar-refractivity contribution in [2.45, 2.75) is 57.3 Å².